The molecule has 0 saturated heterocycles. The van der Waals surface area contributed by atoms with Crippen LogP contribution in [-0.2, 0) is 19.4 Å². The minimum absolute atomic E-state index is 0.232. The summed E-state index contributed by atoms with van der Waals surface area (Å²) in [5.41, 5.74) is 2.04. The summed E-state index contributed by atoms with van der Waals surface area (Å²) in [6.07, 6.45) is -1.27. The van der Waals surface area contributed by atoms with Crippen LogP contribution >= 0.6 is 0 Å². The zero-order chi connectivity index (χ0) is 23.8. The first kappa shape index (κ1) is 23.0. The van der Waals surface area contributed by atoms with Crippen LogP contribution in [-0.4, -0.2) is 10.2 Å². The van der Waals surface area contributed by atoms with E-state index >= 15 is 0 Å². The highest BCUT2D eigenvalue weighted by Crippen LogP contribution is 2.30. The molecular formula is C27H21F3N2O2. The second-order valence-corrected chi connectivity index (χ2v) is 7.44. The summed E-state index contributed by atoms with van der Waals surface area (Å²) >= 11 is 0. The fourth-order valence-electron chi connectivity index (χ4n) is 3.12. The number of ether oxygens (including phenoxy) is 2. The van der Waals surface area contributed by atoms with Crippen LogP contribution in [0.15, 0.2) is 91.0 Å². The Morgan fingerprint density at radius 3 is 1.97 bits per heavy atom. The Morgan fingerprint density at radius 1 is 0.676 bits per heavy atom. The Morgan fingerprint density at radius 2 is 1.32 bits per heavy atom. The normalized spacial score (nSPS) is 11.5. The van der Waals surface area contributed by atoms with Gasteiger partial charge in [0, 0.05) is 6.07 Å². The van der Waals surface area contributed by atoms with Gasteiger partial charge in [0.25, 0.3) is 5.88 Å². The molecule has 4 aromatic rings. The smallest absolute Gasteiger partial charge is 0.416 e. The van der Waals surface area contributed by atoms with Gasteiger partial charge < -0.3 is 9.47 Å². The van der Waals surface area contributed by atoms with E-state index in [0.29, 0.717) is 23.6 Å². The monoisotopic (exact) mass is 462 g/mol. The van der Waals surface area contributed by atoms with Crippen LogP contribution in [0, 0.1) is 0 Å². The molecule has 34 heavy (non-hydrogen) atoms. The van der Waals surface area contributed by atoms with E-state index in [1.807, 2.05) is 60.7 Å². The number of hydrogen-bond donors (Lipinski definition) is 0. The fraction of sp³-hybridized carbons (Fsp3) is 0.111. The van der Waals surface area contributed by atoms with E-state index in [1.165, 1.54) is 6.07 Å². The number of aromatic nitrogens is 2. The zero-order valence-electron chi connectivity index (χ0n) is 18.1. The van der Waals surface area contributed by atoms with Gasteiger partial charge in [-0.3, -0.25) is 0 Å². The predicted octanol–water partition coefficient (Wildman–Crippen LogP) is 6.82. The van der Waals surface area contributed by atoms with Gasteiger partial charge in [-0.25, -0.2) is 0 Å². The van der Waals surface area contributed by atoms with Gasteiger partial charge >= 0.3 is 6.18 Å². The van der Waals surface area contributed by atoms with E-state index in [0.717, 1.165) is 23.3 Å². The van der Waals surface area contributed by atoms with Gasteiger partial charge in [-0.15, -0.1) is 10.2 Å². The molecule has 0 fully saturated rings. The number of halogens is 3. The summed E-state index contributed by atoms with van der Waals surface area (Å²) in [5, 5.41) is 8.28. The second-order valence-electron chi connectivity index (χ2n) is 7.44. The van der Waals surface area contributed by atoms with Crippen molar-refractivity contribution in [2.24, 2.45) is 0 Å². The maximum Gasteiger partial charge on any atom is 0.416 e. The van der Waals surface area contributed by atoms with E-state index in [4.69, 9.17) is 9.47 Å². The first-order valence-corrected chi connectivity index (χ1v) is 10.5. The van der Waals surface area contributed by atoms with Crippen LogP contribution in [0.5, 0.6) is 11.6 Å². The molecule has 0 aliphatic heterocycles. The molecule has 1 aromatic heterocycles. The number of benzene rings is 3. The minimum Gasteiger partial charge on any atom is -0.483 e. The molecule has 0 aliphatic carbocycles. The maximum atomic E-state index is 13.0. The third-order valence-corrected chi connectivity index (χ3v) is 4.86. The van der Waals surface area contributed by atoms with Crippen LogP contribution in [0.1, 0.15) is 27.9 Å². The van der Waals surface area contributed by atoms with E-state index in [9.17, 15) is 13.2 Å². The SMILES string of the molecule is FC(F)(F)c1cccc(/C=C/c2cc(OCc3ccccc3)c(OCc3ccccc3)nn2)c1. The molecule has 0 atom stereocenters. The first-order valence-electron chi connectivity index (χ1n) is 10.5. The van der Waals surface area contributed by atoms with Crippen LogP contribution in [0.4, 0.5) is 13.2 Å². The van der Waals surface area contributed by atoms with Crippen molar-refractivity contribution in [1.82, 2.24) is 10.2 Å². The molecule has 1 heterocycles. The van der Waals surface area contributed by atoms with Gasteiger partial charge in [-0.2, -0.15) is 13.2 Å². The van der Waals surface area contributed by atoms with E-state index < -0.39 is 11.7 Å². The average Bonchev–Trinajstić information content (AvgIpc) is 2.86. The Labute approximate surface area is 195 Å². The molecule has 0 spiro atoms. The third kappa shape index (κ3) is 6.45. The van der Waals surface area contributed by atoms with E-state index in [-0.39, 0.29) is 12.5 Å². The summed E-state index contributed by atoms with van der Waals surface area (Å²) in [5.74, 6) is 0.620. The standard InChI is InChI=1S/C27H21F3N2O2/c28-27(29,30)23-13-7-12-20(16-23)14-15-24-17-25(33-18-21-8-3-1-4-9-21)26(32-31-24)34-19-22-10-5-2-6-11-22/h1-17H,18-19H2/b15-14+. The van der Waals surface area contributed by atoms with E-state index in [2.05, 4.69) is 10.2 Å². The summed E-state index contributed by atoms with van der Waals surface area (Å²) in [6.45, 7) is 0.585. The number of nitrogens with zero attached hydrogens (tertiary/aromatic N) is 2. The highest BCUT2D eigenvalue weighted by atomic mass is 19.4. The topological polar surface area (TPSA) is 44.2 Å². The predicted molar refractivity (Wildman–Crippen MR) is 124 cm³/mol. The highest BCUT2D eigenvalue weighted by Gasteiger charge is 2.30. The summed E-state index contributed by atoms with van der Waals surface area (Å²) in [6, 6.07) is 26.0. The molecule has 0 amide bonds. The minimum atomic E-state index is -4.40. The van der Waals surface area contributed by atoms with Crippen molar-refractivity contribution in [1.29, 1.82) is 0 Å². The van der Waals surface area contributed by atoms with Gasteiger partial charge in [-0.05, 0) is 34.9 Å². The van der Waals surface area contributed by atoms with Gasteiger partial charge in [0.2, 0.25) is 0 Å². The van der Waals surface area contributed by atoms with Crippen molar-refractivity contribution in [3.63, 3.8) is 0 Å². The number of alkyl halides is 3. The van der Waals surface area contributed by atoms with Crippen LogP contribution < -0.4 is 9.47 Å². The quantitative estimate of drug-likeness (QED) is 0.288. The molecule has 3 aromatic carbocycles. The van der Waals surface area contributed by atoms with Gasteiger partial charge in [0.15, 0.2) is 5.75 Å². The number of hydrogen-bond acceptors (Lipinski definition) is 4. The van der Waals surface area contributed by atoms with Crippen molar-refractivity contribution in [3.05, 3.63) is 119 Å². The molecule has 0 unspecified atom stereocenters. The zero-order valence-corrected chi connectivity index (χ0v) is 18.1. The van der Waals surface area contributed by atoms with Gasteiger partial charge in [0.1, 0.15) is 13.2 Å². The molecule has 0 saturated carbocycles. The van der Waals surface area contributed by atoms with Crippen LogP contribution in [0.2, 0.25) is 0 Å². The Balaban J connectivity index is 1.55. The largest absolute Gasteiger partial charge is 0.483 e. The lowest BCUT2D eigenvalue weighted by Crippen LogP contribution is -2.04. The average molecular weight is 462 g/mol. The third-order valence-electron chi connectivity index (χ3n) is 4.86. The highest BCUT2D eigenvalue weighted by molar-refractivity contribution is 5.69. The Kier molecular flexibility index (Phi) is 7.22. The van der Waals surface area contributed by atoms with Crippen molar-refractivity contribution >= 4 is 12.2 Å². The van der Waals surface area contributed by atoms with Crippen molar-refractivity contribution in [3.8, 4) is 11.6 Å². The Bertz CT molecular complexity index is 1240. The molecule has 0 radical (unpaired) electrons. The summed E-state index contributed by atoms with van der Waals surface area (Å²) in [7, 11) is 0. The van der Waals surface area contributed by atoms with E-state index in [1.54, 1.807) is 24.3 Å². The lowest BCUT2D eigenvalue weighted by Gasteiger charge is -2.12. The molecule has 0 aliphatic rings. The lowest BCUT2D eigenvalue weighted by molar-refractivity contribution is -0.137. The molecule has 4 rings (SSSR count). The molecule has 172 valence electrons. The van der Waals surface area contributed by atoms with Gasteiger partial charge in [0.05, 0.1) is 11.3 Å². The number of rotatable bonds is 8. The fourth-order valence-corrected chi connectivity index (χ4v) is 3.12. The molecule has 4 nitrogen and oxygen atoms in total. The van der Waals surface area contributed by atoms with Crippen LogP contribution in [0.3, 0.4) is 0 Å². The second kappa shape index (κ2) is 10.7. The molecule has 0 bridgehead atoms. The molecule has 7 heteroatoms. The summed E-state index contributed by atoms with van der Waals surface area (Å²) < 4.78 is 50.7. The Hall–Kier alpha value is -4.13. The molecular weight excluding hydrogens is 441 g/mol. The first-order chi connectivity index (χ1) is 16.5. The van der Waals surface area contributed by atoms with Crippen molar-refractivity contribution < 1.29 is 22.6 Å². The van der Waals surface area contributed by atoms with Crippen LogP contribution in [0.25, 0.3) is 12.2 Å². The maximum absolute atomic E-state index is 13.0. The van der Waals surface area contributed by atoms with Gasteiger partial charge in [-0.1, -0.05) is 78.9 Å². The van der Waals surface area contributed by atoms with Crippen molar-refractivity contribution in [2.75, 3.05) is 0 Å². The lowest BCUT2D eigenvalue weighted by atomic mass is 10.1. The van der Waals surface area contributed by atoms with Crippen molar-refractivity contribution in [2.45, 2.75) is 19.4 Å². The summed E-state index contributed by atoms with van der Waals surface area (Å²) in [4.78, 5) is 0. The molecule has 0 N–H and O–H groups in total.